The number of allylic oxidation sites excluding steroid dienone is 1. The Labute approximate surface area is 153 Å². The van der Waals surface area contributed by atoms with Crippen molar-refractivity contribution >= 4 is 11.7 Å². The zero-order chi connectivity index (χ0) is 18.5. The molecule has 4 nitrogen and oxygen atoms in total. The highest BCUT2D eigenvalue weighted by Crippen LogP contribution is 2.52. The van der Waals surface area contributed by atoms with Crippen LogP contribution in [0.15, 0.2) is 53.6 Å². The molecule has 1 aromatic carbocycles. The van der Waals surface area contributed by atoms with E-state index in [1.165, 1.54) is 0 Å². The molecule has 1 atom stereocenters. The van der Waals surface area contributed by atoms with E-state index in [9.17, 15) is 14.9 Å². The molecule has 0 unspecified atom stereocenters. The van der Waals surface area contributed by atoms with Crippen LogP contribution in [0.2, 0.25) is 0 Å². The second-order valence-corrected chi connectivity index (χ2v) is 7.96. The lowest BCUT2D eigenvalue weighted by Gasteiger charge is -2.51. The Hall–Kier alpha value is -2.67. The molecule has 1 amide bonds. The average Bonchev–Trinajstić information content (AvgIpc) is 2.60. The van der Waals surface area contributed by atoms with Gasteiger partial charge in [-0.2, -0.15) is 5.26 Å². The first-order valence-electron chi connectivity index (χ1n) is 9.18. The maximum atomic E-state index is 13.8. The van der Waals surface area contributed by atoms with Crippen molar-refractivity contribution in [3.8, 4) is 6.07 Å². The Balaban J connectivity index is 2.00. The van der Waals surface area contributed by atoms with Crippen molar-refractivity contribution in [2.24, 2.45) is 5.41 Å². The molecule has 4 rings (SSSR count). The van der Waals surface area contributed by atoms with Crippen LogP contribution in [0.1, 0.15) is 38.7 Å². The van der Waals surface area contributed by atoms with Gasteiger partial charge in [-0.1, -0.05) is 36.4 Å². The van der Waals surface area contributed by atoms with Gasteiger partial charge in [0, 0.05) is 12.6 Å². The third kappa shape index (κ3) is 2.07. The van der Waals surface area contributed by atoms with E-state index >= 15 is 0 Å². The molecule has 26 heavy (non-hydrogen) atoms. The van der Waals surface area contributed by atoms with Gasteiger partial charge in [-0.15, -0.1) is 0 Å². The van der Waals surface area contributed by atoms with Crippen LogP contribution in [0.25, 0.3) is 0 Å². The minimum Gasteiger partial charge on any atom is -0.335 e. The number of hydrogen-bond acceptors (Lipinski definition) is 3. The van der Waals surface area contributed by atoms with Gasteiger partial charge in [0.05, 0.1) is 11.0 Å². The molecule has 0 radical (unpaired) electrons. The second kappa shape index (κ2) is 5.67. The molecule has 0 aromatic heterocycles. The third-order valence-electron chi connectivity index (χ3n) is 6.23. The van der Waals surface area contributed by atoms with E-state index in [1.807, 2.05) is 55.1 Å². The Kier molecular flexibility index (Phi) is 3.66. The van der Waals surface area contributed by atoms with Crippen molar-refractivity contribution in [1.29, 1.82) is 5.26 Å². The SMILES string of the molecule is CC1(C)C(=O)C(C#N)=C[C@]2(c3ccccc3)C(=O)N(C3CCC3)CC=C12. The predicted molar refractivity (Wildman–Crippen MR) is 98.0 cm³/mol. The lowest BCUT2D eigenvalue weighted by molar-refractivity contribution is -0.140. The van der Waals surface area contributed by atoms with E-state index in [0.29, 0.717) is 6.54 Å². The van der Waals surface area contributed by atoms with Crippen molar-refractivity contribution in [3.05, 3.63) is 59.2 Å². The van der Waals surface area contributed by atoms with Crippen molar-refractivity contribution in [1.82, 2.24) is 4.90 Å². The normalized spacial score (nSPS) is 27.8. The summed E-state index contributed by atoms with van der Waals surface area (Å²) in [6.07, 6.45) is 6.87. The van der Waals surface area contributed by atoms with E-state index in [4.69, 9.17) is 0 Å². The van der Waals surface area contributed by atoms with Crippen molar-refractivity contribution < 1.29 is 9.59 Å². The molecule has 1 aromatic rings. The summed E-state index contributed by atoms with van der Waals surface area (Å²) in [6.45, 7) is 4.20. The molecule has 1 saturated carbocycles. The number of nitrogens with zero attached hydrogens (tertiary/aromatic N) is 2. The molecule has 0 spiro atoms. The number of carbonyl (C=O) groups excluding carboxylic acids is 2. The molecule has 1 fully saturated rings. The molecular weight excluding hydrogens is 324 g/mol. The van der Waals surface area contributed by atoms with E-state index in [-0.39, 0.29) is 23.3 Å². The average molecular weight is 346 g/mol. The van der Waals surface area contributed by atoms with Crippen molar-refractivity contribution in [2.75, 3.05) is 6.54 Å². The molecule has 3 aliphatic rings. The second-order valence-electron chi connectivity index (χ2n) is 7.96. The Bertz CT molecular complexity index is 884. The molecule has 1 aliphatic heterocycles. The number of nitriles is 1. The molecule has 4 heteroatoms. The molecule has 0 saturated heterocycles. The molecule has 0 N–H and O–H groups in total. The van der Waals surface area contributed by atoms with Gasteiger partial charge >= 0.3 is 0 Å². The Morgan fingerprint density at radius 2 is 1.85 bits per heavy atom. The first kappa shape index (κ1) is 16.8. The first-order chi connectivity index (χ1) is 12.4. The lowest BCUT2D eigenvalue weighted by atomic mass is 9.56. The predicted octanol–water partition coefficient (Wildman–Crippen LogP) is 3.30. The summed E-state index contributed by atoms with van der Waals surface area (Å²) in [6, 6.07) is 11.9. The van der Waals surface area contributed by atoms with Crippen LogP contribution in [0.3, 0.4) is 0 Å². The van der Waals surface area contributed by atoms with Gasteiger partial charge in [-0.25, -0.2) is 0 Å². The summed E-state index contributed by atoms with van der Waals surface area (Å²) in [7, 11) is 0. The minimum absolute atomic E-state index is 0.000718. The van der Waals surface area contributed by atoms with Gasteiger partial charge in [0.25, 0.3) is 0 Å². The third-order valence-corrected chi connectivity index (χ3v) is 6.23. The van der Waals surface area contributed by atoms with Crippen molar-refractivity contribution in [3.63, 3.8) is 0 Å². The van der Waals surface area contributed by atoms with Gasteiger partial charge in [-0.3, -0.25) is 9.59 Å². The fourth-order valence-electron chi connectivity index (χ4n) is 4.56. The molecular formula is C22H22N2O2. The molecule has 132 valence electrons. The Morgan fingerprint density at radius 1 is 1.15 bits per heavy atom. The van der Waals surface area contributed by atoms with Crippen LogP contribution in [0.4, 0.5) is 0 Å². The van der Waals surface area contributed by atoms with E-state index in [2.05, 4.69) is 6.08 Å². The number of ketones is 1. The molecule has 0 bridgehead atoms. The number of benzene rings is 1. The fourth-order valence-corrected chi connectivity index (χ4v) is 4.56. The summed E-state index contributed by atoms with van der Waals surface area (Å²) in [4.78, 5) is 28.6. The van der Waals surface area contributed by atoms with Gasteiger partial charge in [0.2, 0.25) is 5.91 Å². The maximum Gasteiger partial charge on any atom is 0.241 e. The van der Waals surface area contributed by atoms with Crippen LogP contribution in [0, 0.1) is 16.7 Å². The Morgan fingerprint density at radius 3 is 2.42 bits per heavy atom. The topological polar surface area (TPSA) is 61.2 Å². The first-order valence-corrected chi connectivity index (χ1v) is 9.18. The number of amides is 1. The maximum absolute atomic E-state index is 13.8. The summed E-state index contributed by atoms with van der Waals surface area (Å²) in [5.74, 6) is -0.207. The zero-order valence-electron chi connectivity index (χ0n) is 15.2. The van der Waals surface area contributed by atoms with E-state index in [1.54, 1.807) is 6.08 Å². The summed E-state index contributed by atoms with van der Waals surface area (Å²) in [5, 5.41) is 9.58. The zero-order valence-corrected chi connectivity index (χ0v) is 15.2. The van der Waals surface area contributed by atoms with E-state index < -0.39 is 10.8 Å². The largest absolute Gasteiger partial charge is 0.335 e. The number of rotatable bonds is 2. The number of Topliss-reactive ketones (excluding diaryl/α,β-unsaturated/α-hetero) is 1. The monoisotopic (exact) mass is 346 g/mol. The van der Waals surface area contributed by atoms with Gasteiger partial charge in [0.15, 0.2) is 5.78 Å². The highest BCUT2D eigenvalue weighted by molar-refractivity contribution is 6.11. The van der Waals surface area contributed by atoms with Gasteiger partial charge in [-0.05, 0) is 50.3 Å². The fraction of sp³-hybridized carbons (Fsp3) is 0.409. The highest BCUT2D eigenvalue weighted by atomic mass is 16.2. The van der Waals surface area contributed by atoms with Crippen LogP contribution < -0.4 is 0 Å². The van der Waals surface area contributed by atoms with E-state index in [0.717, 1.165) is 30.4 Å². The van der Waals surface area contributed by atoms with Gasteiger partial charge in [0.1, 0.15) is 11.5 Å². The number of fused-ring (bicyclic) bond motifs is 1. The highest BCUT2D eigenvalue weighted by Gasteiger charge is 2.57. The standard InChI is InChI=1S/C22H22N2O2/c1-21(2)18-11-12-24(17-9-6-10-17)20(26)22(18,13-15(14-23)19(21)25)16-7-4-3-5-8-16/h3-5,7-8,11,13,17H,6,9-10,12H2,1-2H3/t22-/m1/s1. The lowest BCUT2D eigenvalue weighted by Crippen LogP contribution is -2.59. The van der Waals surface area contributed by atoms with Crippen LogP contribution in [0.5, 0.6) is 0 Å². The van der Waals surface area contributed by atoms with Crippen molar-refractivity contribution in [2.45, 2.75) is 44.6 Å². The van der Waals surface area contributed by atoms with Crippen LogP contribution in [-0.2, 0) is 15.0 Å². The summed E-state index contributed by atoms with van der Waals surface area (Å²) in [5.41, 5.74) is -0.219. The van der Waals surface area contributed by atoms with Crippen LogP contribution >= 0.6 is 0 Å². The summed E-state index contributed by atoms with van der Waals surface area (Å²) >= 11 is 0. The minimum atomic E-state index is -1.06. The van der Waals surface area contributed by atoms with Gasteiger partial charge < -0.3 is 4.90 Å². The summed E-state index contributed by atoms with van der Waals surface area (Å²) < 4.78 is 0. The smallest absolute Gasteiger partial charge is 0.241 e. The molecule has 1 heterocycles. The number of hydrogen-bond donors (Lipinski definition) is 0. The molecule has 2 aliphatic carbocycles. The van der Waals surface area contributed by atoms with Crippen LogP contribution in [-0.4, -0.2) is 29.2 Å². The quantitative estimate of drug-likeness (QED) is 0.772. The number of carbonyl (C=O) groups is 2.